The van der Waals surface area contributed by atoms with E-state index in [0.29, 0.717) is 11.2 Å². The second kappa shape index (κ2) is 3.48. The smallest absolute Gasteiger partial charge is 0.196 e. The maximum atomic E-state index is 3.81. The van der Waals surface area contributed by atoms with Gasteiger partial charge < -0.3 is 0 Å². The van der Waals surface area contributed by atoms with Crippen molar-refractivity contribution in [2.24, 2.45) is 0 Å². The summed E-state index contributed by atoms with van der Waals surface area (Å²) in [5.74, 6) is 0. The number of fused-ring (bicyclic) bond motifs is 1. The third-order valence-corrected chi connectivity index (χ3v) is 1.30. The van der Waals surface area contributed by atoms with Crippen LogP contribution in [0.25, 0.3) is 11.2 Å². The van der Waals surface area contributed by atoms with E-state index in [1.165, 1.54) is 0 Å². The molecule has 0 radical (unpaired) electrons. The van der Waals surface area contributed by atoms with Crippen LogP contribution in [-0.4, -0.2) is 36.0 Å². The van der Waals surface area contributed by atoms with Gasteiger partial charge in [-0.1, -0.05) is 6.07 Å². The second-order valence-corrected chi connectivity index (χ2v) is 2.13. The Balaban J connectivity index is 2.82. The van der Waals surface area contributed by atoms with Gasteiger partial charge in [0.1, 0.15) is 5.52 Å². The Hall–Kier alpha value is -2.18. The molecule has 0 aliphatic carbocycles. The summed E-state index contributed by atoms with van der Waals surface area (Å²) in [6.07, 6.45) is 1.56. The molecule has 0 saturated carbocycles. The Kier molecular flexibility index (Phi) is 2.00. The van der Waals surface area contributed by atoms with Crippen molar-refractivity contribution in [3.63, 3.8) is 0 Å². The average Bonchev–Trinajstić information content (AvgIpc) is 2.28. The molecule has 0 aromatic carbocycles. The number of aromatic amines is 1. The van der Waals surface area contributed by atoms with Gasteiger partial charge in [0.15, 0.2) is 0 Å². The van der Waals surface area contributed by atoms with Crippen LogP contribution in [0.3, 0.4) is 0 Å². The summed E-state index contributed by atoms with van der Waals surface area (Å²) < 4.78 is 0. The standard InChI is InChI=1S/C6H5N7/c1-2-4-7-11-9-6-5(3-1)8-12-13-10-6/h1-4,11H. The van der Waals surface area contributed by atoms with E-state index in [2.05, 4.69) is 36.0 Å². The van der Waals surface area contributed by atoms with Crippen molar-refractivity contribution < 1.29 is 0 Å². The molecule has 7 nitrogen and oxygen atoms in total. The van der Waals surface area contributed by atoms with Crippen molar-refractivity contribution in [1.82, 2.24) is 36.0 Å². The van der Waals surface area contributed by atoms with Crippen molar-refractivity contribution in [3.8, 4) is 0 Å². The molecule has 0 aliphatic rings. The topological polar surface area (TPSA) is 93.1 Å². The zero-order valence-corrected chi connectivity index (χ0v) is 6.49. The van der Waals surface area contributed by atoms with Gasteiger partial charge in [0.2, 0.25) is 5.65 Å². The lowest BCUT2D eigenvalue weighted by Gasteiger charge is -1.82. The van der Waals surface area contributed by atoms with Gasteiger partial charge in [0, 0.05) is 6.20 Å². The number of hydrogen-bond acceptors (Lipinski definition) is 6. The van der Waals surface area contributed by atoms with Gasteiger partial charge in [-0.15, -0.1) is 15.3 Å². The van der Waals surface area contributed by atoms with Gasteiger partial charge >= 0.3 is 0 Å². The van der Waals surface area contributed by atoms with Crippen LogP contribution in [-0.2, 0) is 0 Å². The van der Waals surface area contributed by atoms with E-state index >= 15 is 0 Å². The summed E-state index contributed by atoms with van der Waals surface area (Å²) in [5.41, 5.74) is 0.906. The Morgan fingerprint density at radius 2 is 2.00 bits per heavy atom. The van der Waals surface area contributed by atoms with E-state index in [4.69, 9.17) is 0 Å². The monoisotopic (exact) mass is 175 g/mol. The van der Waals surface area contributed by atoms with Crippen LogP contribution in [0.1, 0.15) is 0 Å². The van der Waals surface area contributed by atoms with Crippen LogP contribution >= 0.6 is 0 Å². The highest BCUT2D eigenvalue weighted by atomic mass is 15.4. The molecule has 0 unspecified atom stereocenters. The van der Waals surface area contributed by atoms with Crippen LogP contribution in [0.5, 0.6) is 0 Å². The number of H-pyrrole nitrogens is 1. The highest BCUT2D eigenvalue weighted by molar-refractivity contribution is 5.65. The van der Waals surface area contributed by atoms with Crippen LogP contribution < -0.4 is 0 Å². The minimum Gasteiger partial charge on any atom is -0.196 e. The minimum absolute atomic E-state index is 0.360. The second-order valence-electron chi connectivity index (χ2n) is 2.13. The summed E-state index contributed by atoms with van der Waals surface area (Å²) in [6.45, 7) is 0. The molecule has 1 N–H and O–H groups in total. The van der Waals surface area contributed by atoms with E-state index in [-0.39, 0.29) is 0 Å². The lowest BCUT2D eigenvalue weighted by molar-refractivity contribution is 0.779. The fourth-order valence-corrected chi connectivity index (χ4v) is 0.763. The summed E-state index contributed by atoms with van der Waals surface area (Å²) in [6, 6.07) is 5.22. The van der Waals surface area contributed by atoms with E-state index < -0.39 is 0 Å². The SMILES string of the molecule is c1ccc2nnnnc2n[nH]nc1. The molecule has 0 saturated heterocycles. The normalized spacial score (nSPS) is 9.54. The summed E-state index contributed by atoms with van der Waals surface area (Å²) in [4.78, 5) is 0. The van der Waals surface area contributed by atoms with Gasteiger partial charge in [-0.3, -0.25) is 0 Å². The van der Waals surface area contributed by atoms with Gasteiger partial charge in [0.05, 0.1) is 0 Å². The summed E-state index contributed by atoms with van der Waals surface area (Å²) in [5, 5.41) is 24.1. The van der Waals surface area contributed by atoms with Gasteiger partial charge in [-0.25, -0.2) is 0 Å². The molecular weight excluding hydrogens is 170 g/mol. The van der Waals surface area contributed by atoms with Crippen LogP contribution in [0, 0.1) is 0 Å². The van der Waals surface area contributed by atoms with Crippen LogP contribution in [0.4, 0.5) is 0 Å². The number of hydrogen-bond donors (Lipinski definition) is 1. The van der Waals surface area contributed by atoms with Gasteiger partial charge in [0.25, 0.3) is 0 Å². The Morgan fingerprint density at radius 3 is 3.00 bits per heavy atom. The lowest BCUT2D eigenvalue weighted by Crippen LogP contribution is -1.93. The molecule has 0 fully saturated rings. The zero-order chi connectivity index (χ0) is 8.93. The molecule has 13 heavy (non-hydrogen) atoms. The third-order valence-electron chi connectivity index (χ3n) is 1.30. The first kappa shape index (κ1) is 7.47. The van der Waals surface area contributed by atoms with Crippen molar-refractivity contribution in [1.29, 1.82) is 0 Å². The molecule has 7 heteroatoms. The number of rotatable bonds is 0. The predicted molar refractivity (Wildman–Crippen MR) is 42.7 cm³/mol. The first-order valence-electron chi connectivity index (χ1n) is 3.51. The van der Waals surface area contributed by atoms with Crippen molar-refractivity contribution in [2.45, 2.75) is 0 Å². The quantitative estimate of drug-likeness (QED) is 0.588. The zero-order valence-electron chi connectivity index (χ0n) is 6.49. The first-order chi connectivity index (χ1) is 6.47. The Labute approximate surface area is 72.5 Å². The van der Waals surface area contributed by atoms with E-state index in [9.17, 15) is 0 Å². The maximum Gasteiger partial charge on any atom is 0.224 e. The number of nitrogens with one attached hydrogen (secondary N) is 1. The van der Waals surface area contributed by atoms with E-state index in [1.54, 1.807) is 24.4 Å². The fraction of sp³-hybridized carbons (Fsp3) is 0. The molecule has 2 aromatic heterocycles. The first-order valence-corrected chi connectivity index (χ1v) is 3.51. The van der Waals surface area contributed by atoms with E-state index in [1.807, 2.05) is 0 Å². The molecule has 64 valence electrons. The maximum absolute atomic E-state index is 3.81. The molecule has 2 rings (SSSR count). The fourth-order valence-electron chi connectivity index (χ4n) is 0.763. The largest absolute Gasteiger partial charge is 0.224 e. The van der Waals surface area contributed by atoms with Crippen molar-refractivity contribution in [3.05, 3.63) is 24.4 Å². The van der Waals surface area contributed by atoms with Crippen LogP contribution in [0.2, 0.25) is 0 Å². The highest BCUT2D eigenvalue weighted by Gasteiger charge is 1.91. The van der Waals surface area contributed by atoms with Crippen molar-refractivity contribution >= 4 is 11.2 Å². The van der Waals surface area contributed by atoms with Gasteiger partial charge in [-0.2, -0.15) is 10.3 Å². The molecule has 0 amide bonds. The third kappa shape index (κ3) is 1.70. The lowest BCUT2D eigenvalue weighted by atomic mass is 10.5. The number of aromatic nitrogens is 7. The molecule has 2 aromatic rings. The average molecular weight is 175 g/mol. The molecule has 0 bridgehead atoms. The van der Waals surface area contributed by atoms with Crippen LogP contribution in [0.15, 0.2) is 24.4 Å². The minimum atomic E-state index is 0.360. The molecule has 0 spiro atoms. The van der Waals surface area contributed by atoms with E-state index in [0.717, 1.165) is 0 Å². The van der Waals surface area contributed by atoms with Crippen molar-refractivity contribution in [2.75, 3.05) is 0 Å². The number of nitrogens with zero attached hydrogens (tertiary/aromatic N) is 6. The molecule has 0 atom stereocenters. The summed E-state index contributed by atoms with van der Waals surface area (Å²) >= 11 is 0. The molecular formula is C6H5N7. The highest BCUT2D eigenvalue weighted by Crippen LogP contribution is 1.94. The Bertz CT molecular complexity index is 409. The Morgan fingerprint density at radius 1 is 1.08 bits per heavy atom. The molecule has 0 aliphatic heterocycles. The van der Waals surface area contributed by atoms with Gasteiger partial charge in [-0.05, 0) is 22.6 Å². The predicted octanol–water partition coefficient (Wildman–Crippen LogP) is -0.338. The molecule has 2 heterocycles. The summed E-state index contributed by atoms with van der Waals surface area (Å²) in [7, 11) is 0.